The van der Waals surface area contributed by atoms with Gasteiger partial charge in [0, 0.05) is 37.6 Å². The molecular formula is C16H24N2O. The van der Waals surface area contributed by atoms with E-state index >= 15 is 0 Å². The molecule has 1 saturated heterocycles. The van der Waals surface area contributed by atoms with Gasteiger partial charge in [-0.05, 0) is 50.3 Å². The lowest BCUT2D eigenvalue weighted by atomic mass is 9.98. The molecule has 0 radical (unpaired) electrons. The highest BCUT2D eigenvalue weighted by atomic mass is 16.5. The summed E-state index contributed by atoms with van der Waals surface area (Å²) in [5, 5.41) is 3.52. The molecule has 0 aromatic heterocycles. The van der Waals surface area contributed by atoms with Crippen molar-refractivity contribution in [3.05, 3.63) is 23.8 Å². The van der Waals surface area contributed by atoms with E-state index in [1.807, 2.05) is 0 Å². The van der Waals surface area contributed by atoms with Gasteiger partial charge in [-0.1, -0.05) is 6.07 Å². The number of hydrogen-bond acceptors (Lipinski definition) is 3. The Morgan fingerprint density at radius 2 is 2.16 bits per heavy atom. The first-order chi connectivity index (χ1) is 9.38. The minimum Gasteiger partial charge on any atom is -0.385 e. The first kappa shape index (κ1) is 12.8. The van der Waals surface area contributed by atoms with Gasteiger partial charge in [-0.25, -0.2) is 0 Å². The molecule has 3 nitrogen and oxygen atoms in total. The van der Waals surface area contributed by atoms with E-state index in [4.69, 9.17) is 4.74 Å². The number of nitrogens with one attached hydrogen (secondary N) is 1. The molecule has 1 fully saturated rings. The molecule has 104 valence electrons. The van der Waals surface area contributed by atoms with E-state index in [1.165, 1.54) is 29.8 Å². The Kier molecular flexibility index (Phi) is 3.92. The van der Waals surface area contributed by atoms with Crippen LogP contribution in [0.2, 0.25) is 0 Å². The van der Waals surface area contributed by atoms with Crippen molar-refractivity contribution in [2.75, 3.05) is 36.5 Å². The predicted octanol–water partition coefficient (Wildman–Crippen LogP) is 3.05. The van der Waals surface area contributed by atoms with Crippen LogP contribution in [0.3, 0.4) is 0 Å². The molecule has 0 bridgehead atoms. The highest BCUT2D eigenvalue weighted by Gasteiger charge is 2.22. The van der Waals surface area contributed by atoms with Crippen molar-refractivity contribution in [1.29, 1.82) is 0 Å². The van der Waals surface area contributed by atoms with Gasteiger partial charge in [-0.3, -0.25) is 0 Å². The fraction of sp³-hybridized carbons (Fsp3) is 0.625. The number of nitrogens with zero attached hydrogens (tertiary/aromatic N) is 1. The molecule has 0 atom stereocenters. The summed E-state index contributed by atoms with van der Waals surface area (Å²) < 4.78 is 5.74. The van der Waals surface area contributed by atoms with Crippen LogP contribution in [0.25, 0.3) is 0 Å². The number of rotatable bonds is 3. The predicted molar refractivity (Wildman–Crippen MR) is 80.1 cm³/mol. The standard InChI is InChI=1S/C16H24N2O/c1-2-19-13-8-11-18(12-9-13)16-7-3-6-15-14(16)5-4-10-17-15/h3,6-7,13,17H,2,4-5,8-12H2,1H3. The summed E-state index contributed by atoms with van der Waals surface area (Å²) in [6.07, 6.45) is 5.25. The van der Waals surface area contributed by atoms with Gasteiger partial charge >= 0.3 is 0 Å². The monoisotopic (exact) mass is 260 g/mol. The molecule has 2 aliphatic heterocycles. The van der Waals surface area contributed by atoms with E-state index in [9.17, 15) is 0 Å². The van der Waals surface area contributed by atoms with Crippen LogP contribution in [0.1, 0.15) is 31.7 Å². The van der Waals surface area contributed by atoms with Crippen LogP contribution in [0.4, 0.5) is 11.4 Å². The van der Waals surface area contributed by atoms with Crippen LogP contribution >= 0.6 is 0 Å². The van der Waals surface area contributed by atoms with Gasteiger partial charge in [0.25, 0.3) is 0 Å². The summed E-state index contributed by atoms with van der Waals surface area (Å²) in [4.78, 5) is 2.54. The Hall–Kier alpha value is -1.22. The molecule has 1 aromatic carbocycles. The zero-order valence-corrected chi connectivity index (χ0v) is 11.8. The SMILES string of the molecule is CCOC1CCN(c2cccc3c2CCCN3)CC1. The van der Waals surface area contributed by atoms with E-state index in [0.29, 0.717) is 6.10 Å². The maximum Gasteiger partial charge on any atom is 0.0608 e. The fourth-order valence-corrected chi connectivity index (χ4v) is 3.29. The molecule has 2 aliphatic rings. The van der Waals surface area contributed by atoms with Crippen molar-refractivity contribution in [2.45, 2.75) is 38.7 Å². The third kappa shape index (κ3) is 2.71. The average molecular weight is 260 g/mol. The molecule has 0 amide bonds. The lowest BCUT2D eigenvalue weighted by molar-refractivity contribution is 0.0459. The van der Waals surface area contributed by atoms with Gasteiger partial charge < -0.3 is 15.0 Å². The zero-order valence-electron chi connectivity index (χ0n) is 11.8. The lowest BCUT2D eigenvalue weighted by Crippen LogP contribution is -2.37. The van der Waals surface area contributed by atoms with Gasteiger partial charge in [-0.15, -0.1) is 0 Å². The third-order valence-corrected chi connectivity index (χ3v) is 4.26. The minimum atomic E-state index is 0.471. The fourth-order valence-electron chi connectivity index (χ4n) is 3.29. The van der Waals surface area contributed by atoms with E-state index < -0.39 is 0 Å². The number of hydrogen-bond donors (Lipinski definition) is 1. The molecule has 0 unspecified atom stereocenters. The topological polar surface area (TPSA) is 24.5 Å². The Labute approximate surface area is 115 Å². The second-order valence-electron chi connectivity index (χ2n) is 5.48. The number of piperidine rings is 1. The van der Waals surface area contributed by atoms with Crippen molar-refractivity contribution in [3.8, 4) is 0 Å². The highest BCUT2D eigenvalue weighted by Crippen LogP contribution is 2.33. The first-order valence-electron chi connectivity index (χ1n) is 7.61. The van der Waals surface area contributed by atoms with Crippen molar-refractivity contribution in [3.63, 3.8) is 0 Å². The quantitative estimate of drug-likeness (QED) is 0.904. The average Bonchev–Trinajstić information content (AvgIpc) is 2.48. The van der Waals surface area contributed by atoms with E-state index in [1.54, 1.807) is 0 Å². The molecule has 3 heteroatoms. The molecule has 0 aliphatic carbocycles. The van der Waals surface area contributed by atoms with Gasteiger partial charge in [0.05, 0.1) is 6.10 Å². The summed E-state index contributed by atoms with van der Waals surface area (Å²) in [6, 6.07) is 6.68. The molecule has 2 heterocycles. The summed E-state index contributed by atoms with van der Waals surface area (Å²) in [5.41, 5.74) is 4.30. The lowest BCUT2D eigenvalue weighted by Gasteiger charge is -2.35. The zero-order chi connectivity index (χ0) is 13.1. The summed E-state index contributed by atoms with van der Waals surface area (Å²) >= 11 is 0. The second-order valence-corrected chi connectivity index (χ2v) is 5.48. The molecule has 1 aromatic rings. The summed E-state index contributed by atoms with van der Waals surface area (Å²) in [5.74, 6) is 0. The molecule has 3 rings (SSSR count). The van der Waals surface area contributed by atoms with Gasteiger partial charge in [0.1, 0.15) is 0 Å². The Morgan fingerprint density at radius 1 is 1.32 bits per heavy atom. The van der Waals surface area contributed by atoms with Crippen LogP contribution in [0.5, 0.6) is 0 Å². The Balaban J connectivity index is 1.73. The largest absolute Gasteiger partial charge is 0.385 e. The number of anilines is 2. The molecule has 0 saturated carbocycles. The Morgan fingerprint density at radius 3 is 2.95 bits per heavy atom. The maximum atomic E-state index is 5.74. The number of benzene rings is 1. The van der Waals surface area contributed by atoms with E-state index in [0.717, 1.165) is 39.1 Å². The van der Waals surface area contributed by atoms with E-state index in [-0.39, 0.29) is 0 Å². The maximum absolute atomic E-state index is 5.74. The van der Waals surface area contributed by atoms with Crippen molar-refractivity contribution in [1.82, 2.24) is 0 Å². The summed E-state index contributed by atoms with van der Waals surface area (Å²) in [7, 11) is 0. The smallest absolute Gasteiger partial charge is 0.0608 e. The van der Waals surface area contributed by atoms with Gasteiger partial charge in [-0.2, -0.15) is 0 Å². The van der Waals surface area contributed by atoms with Crippen molar-refractivity contribution >= 4 is 11.4 Å². The second kappa shape index (κ2) is 5.83. The van der Waals surface area contributed by atoms with Crippen LogP contribution in [-0.2, 0) is 11.2 Å². The normalized spacial score (nSPS) is 19.9. The van der Waals surface area contributed by atoms with Crippen LogP contribution in [0, 0.1) is 0 Å². The number of fused-ring (bicyclic) bond motifs is 1. The minimum absolute atomic E-state index is 0.471. The molecule has 19 heavy (non-hydrogen) atoms. The first-order valence-corrected chi connectivity index (χ1v) is 7.61. The van der Waals surface area contributed by atoms with Crippen molar-refractivity contribution in [2.24, 2.45) is 0 Å². The van der Waals surface area contributed by atoms with Crippen LogP contribution < -0.4 is 10.2 Å². The number of ether oxygens (including phenoxy) is 1. The molecule has 1 N–H and O–H groups in total. The van der Waals surface area contributed by atoms with E-state index in [2.05, 4.69) is 35.3 Å². The van der Waals surface area contributed by atoms with Crippen molar-refractivity contribution < 1.29 is 4.74 Å². The van der Waals surface area contributed by atoms with Crippen LogP contribution in [-0.4, -0.2) is 32.3 Å². The van der Waals surface area contributed by atoms with Gasteiger partial charge in [0.15, 0.2) is 0 Å². The summed E-state index contributed by atoms with van der Waals surface area (Å²) in [6.45, 7) is 6.30. The molecular weight excluding hydrogens is 236 g/mol. The Bertz CT molecular complexity index is 425. The van der Waals surface area contributed by atoms with Crippen LogP contribution in [0.15, 0.2) is 18.2 Å². The third-order valence-electron chi connectivity index (χ3n) is 4.26. The molecule has 0 spiro atoms. The highest BCUT2D eigenvalue weighted by molar-refractivity contribution is 5.68. The van der Waals surface area contributed by atoms with Gasteiger partial charge in [0.2, 0.25) is 0 Å².